The molecule has 1 heterocycles. The van der Waals surface area contributed by atoms with Gasteiger partial charge in [-0.2, -0.15) is 0 Å². The third kappa shape index (κ3) is 5.14. The van der Waals surface area contributed by atoms with Crippen molar-refractivity contribution in [2.24, 2.45) is 0 Å². The first-order valence-electron chi connectivity index (χ1n) is 8.57. The van der Waals surface area contributed by atoms with Crippen molar-refractivity contribution in [3.63, 3.8) is 0 Å². The predicted octanol–water partition coefficient (Wildman–Crippen LogP) is 4.93. The van der Waals surface area contributed by atoms with Crippen LogP contribution >= 0.6 is 15.9 Å². The van der Waals surface area contributed by atoms with Crippen LogP contribution in [0.25, 0.3) is 10.9 Å². The van der Waals surface area contributed by atoms with Gasteiger partial charge in [0.05, 0.1) is 0 Å². The number of carbonyl (C=O) groups is 2. The van der Waals surface area contributed by atoms with Crippen molar-refractivity contribution in [1.29, 1.82) is 0 Å². The molecular weight excluding hydrogens is 461 g/mol. The first kappa shape index (κ1) is 21.0. The summed E-state index contributed by atoms with van der Waals surface area (Å²) in [6, 6.07) is 7.69. The molecule has 0 radical (unpaired) electrons. The molecule has 0 aliphatic carbocycles. The van der Waals surface area contributed by atoms with Gasteiger partial charge in [-0.05, 0) is 0 Å². The maximum absolute atomic E-state index is 12.4. The van der Waals surface area contributed by atoms with Gasteiger partial charge in [-0.1, -0.05) is 0 Å². The molecule has 1 aromatic carbocycles. The molecule has 2 atom stereocenters. The van der Waals surface area contributed by atoms with Gasteiger partial charge in [0.25, 0.3) is 0 Å². The summed E-state index contributed by atoms with van der Waals surface area (Å²) in [5, 5.41) is 1.65. The van der Waals surface area contributed by atoms with Gasteiger partial charge in [-0.3, -0.25) is 0 Å². The molecule has 26 heavy (non-hydrogen) atoms. The number of hydrogen-bond acceptors (Lipinski definition) is 4. The van der Waals surface area contributed by atoms with E-state index in [0.717, 1.165) is 15.4 Å². The summed E-state index contributed by atoms with van der Waals surface area (Å²) in [5.74, 6) is -0.347. The quantitative estimate of drug-likeness (QED) is 0.429. The third-order valence-electron chi connectivity index (χ3n) is 3.68. The Balaban J connectivity index is 2.32. The summed E-state index contributed by atoms with van der Waals surface area (Å²) in [5.41, 5.74) is 0.985. The molecule has 0 saturated carbocycles. The molecule has 1 unspecified atom stereocenters. The van der Waals surface area contributed by atoms with Gasteiger partial charge in [0.15, 0.2) is 0 Å². The average molecular weight is 486 g/mol. The van der Waals surface area contributed by atoms with Crippen molar-refractivity contribution in [2.45, 2.75) is 51.5 Å². The first-order valence-corrected chi connectivity index (χ1v) is 11.9. The number of halogens is 1. The number of para-hydroxylation sites is 1. The minimum absolute atomic E-state index is 0.0156. The van der Waals surface area contributed by atoms with Crippen LogP contribution in [0.15, 0.2) is 28.7 Å². The molecule has 7 heteroatoms. The molecule has 0 N–H and O–H groups in total. The van der Waals surface area contributed by atoms with Gasteiger partial charge in [0.2, 0.25) is 0 Å². The van der Waals surface area contributed by atoms with Crippen LogP contribution in [0.4, 0.5) is 4.79 Å². The van der Waals surface area contributed by atoms with Gasteiger partial charge in [-0.15, -0.1) is 0 Å². The van der Waals surface area contributed by atoms with Crippen molar-refractivity contribution >= 4 is 53.3 Å². The standard InChI is InChI=1S/C19H25AsBrNO4/c1-6-25-17(23)15-10-13-8-7-9-14(21)16(13)22(15)12(2)11-20-18(24)26-19(3,4)5/h7-10,12,20H,6,11H2,1-5H3/t12-/m1/s1. The van der Waals surface area contributed by atoms with E-state index in [-0.39, 0.29) is 16.8 Å². The zero-order valence-corrected chi connectivity index (χ0v) is 19.4. The summed E-state index contributed by atoms with van der Waals surface area (Å²) >= 11 is 2.63. The molecule has 142 valence electrons. The van der Waals surface area contributed by atoms with Crippen molar-refractivity contribution in [1.82, 2.24) is 4.57 Å². The van der Waals surface area contributed by atoms with Gasteiger partial charge in [-0.25, -0.2) is 0 Å². The summed E-state index contributed by atoms with van der Waals surface area (Å²) < 4.78 is 13.4. The predicted molar refractivity (Wildman–Crippen MR) is 108 cm³/mol. The van der Waals surface area contributed by atoms with Crippen LogP contribution in [0.1, 0.15) is 51.1 Å². The maximum atomic E-state index is 12.4. The Kier molecular flexibility index (Phi) is 6.98. The number of rotatable bonds is 6. The molecule has 0 spiro atoms. The fourth-order valence-corrected chi connectivity index (χ4v) is 5.42. The Morgan fingerprint density at radius 3 is 2.62 bits per heavy atom. The molecule has 0 bridgehead atoms. The van der Waals surface area contributed by atoms with E-state index in [4.69, 9.17) is 9.47 Å². The van der Waals surface area contributed by atoms with Crippen LogP contribution in [0.2, 0.25) is 5.21 Å². The number of benzene rings is 1. The van der Waals surface area contributed by atoms with E-state index in [2.05, 4.69) is 15.9 Å². The van der Waals surface area contributed by atoms with Crippen molar-refractivity contribution in [2.75, 3.05) is 6.61 Å². The zero-order chi connectivity index (χ0) is 19.5. The zero-order valence-electron chi connectivity index (χ0n) is 15.8. The van der Waals surface area contributed by atoms with Crippen LogP contribution in [0, 0.1) is 0 Å². The molecule has 5 nitrogen and oxygen atoms in total. The van der Waals surface area contributed by atoms with E-state index in [1.165, 1.54) is 0 Å². The minimum atomic E-state index is -0.956. The first-order chi connectivity index (χ1) is 12.1. The molecule has 1 aromatic heterocycles. The Bertz CT molecular complexity index is 810. The van der Waals surface area contributed by atoms with E-state index in [9.17, 15) is 9.59 Å². The van der Waals surface area contributed by atoms with E-state index >= 15 is 0 Å². The van der Waals surface area contributed by atoms with Crippen LogP contribution in [-0.4, -0.2) is 43.3 Å². The number of nitrogens with zero attached hydrogens (tertiary/aromatic N) is 1. The fourth-order valence-electron chi connectivity index (χ4n) is 2.70. The molecule has 0 amide bonds. The van der Waals surface area contributed by atoms with Gasteiger partial charge in [0, 0.05) is 0 Å². The summed E-state index contributed by atoms with van der Waals surface area (Å²) in [4.78, 5) is 24.5. The second-order valence-corrected chi connectivity index (χ2v) is 10.3. The van der Waals surface area contributed by atoms with Crippen LogP contribution < -0.4 is 0 Å². The topological polar surface area (TPSA) is 57.5 Å². The summed E-state index contributed by atoms with van der Waals surface area (Å²) in [6.07, 6.45) is 0. The Hall–Kier alpha value is -1.26. The number of aromatic nitrogens is 1. The molecule has 0 aliphatic rings. The Labute approximate surface area is 169 Å². The second kappa shape index (κ2) is 8.62. The second-order valence-electron chi connectivity index (χ2n) is 7.03. The number of fused-ring (bicyclic) bond motifs is 1. The number of hydrogen-bond donors (Lipinski definition) is 0. The molecule has 2 rings (SSSR count). The molecule has 0 fully saturated rings. The number of ether oxygens (including phenoxy) is 2. The van der Waals surface area contributed by atoms with Crippen molar-refractivity contribution < 1.29 is 19.1 Å². The van der Waals surface area contributed by atoms with Gasteiger partial charge >= 0.3 is 169 Å². The number of esters is 1. The molecule has 0 aliphatic heterocycles. The molecular formula is C19H25AsBrNO4. The SMILES string of the molecule is CCOC(=O)c1cc2cccc(Br)c2n1[C@H](C)C[AsH]C(=O)OC(C)(C)C. The molecule has 2 aromatic rings. The van der Waals surface area contributed by atoms with E-state index in [1.807, 2.05) is 56.5 Å². The van der Waals surface area contributed by atoms with Crippen LogP contribution in [0.5, 0.6) is 0 Å². The van der Waals surface area contributed by atoms with Gasteiger partial charge < -0.3 is 0 Å². The third-order valence-corrected chi connectivity index (χ3v) is 6.80. The van der Waals surface area contributed by atoms with Crippen LogP contribution in [0.3, 0.4) is 0 Å². The normalized spacial score (nSPS) is 13.3. The van der Waals surface area contributed by atoms with Gasteiger partial charge in [0.1, 0.15) is 0 Å². The summed E-state index contributed by atoms with van der Waals surface area (Å²) in [6.45, 7) is 9.75. The summed E-state index contributed by atoms with van der Waals surface area (Å²) in [7, 11) is 0. The fraction of sp³-hybridized carbons (Fsp3) is 0.474. The van der Waals surface area contributed by atoms with Crippen LogP contribution in [-0.2, 0) is 9.47 Å². The van der Waals surface area contributed by atoms with Crippen molar-refractivity contribution in [3.05, 3.63) is 34.4 Å². The number of carbonyl (C=O) groups excluding carboxylic acids is 2. The Morgan fingerprint density at radius 2 is 2.00 bits per heavy atom. The monoisotopic (exact) mass is 485 g/mol. The van der Waals surface area contributed by atoms with E-state index in [0.29, 0.717) is 17.5 Å². The van der Waals surface area contributed by atoms with E-state index in [1.54, 1.807) is 6.92 Å². The average Bonchev–Trinajstić information content (AvgIpc) is 2.92. The Morgan fingerprint density at radius 1 is 1.31 bits per heavy atom. The van der Waals surface area contributed by atoms with E-state index < -0.39 is 21.4 Å². The molecule has 0 saturated heterocycles. The van der Waals surface area contributed by atoms with Crippen molar-refractivity contribution in [3.8, 4) is 0 Å².